The van der Waals surface area contributed by atoms with Crippen LogP contribution in [0, 0.1) is 26.7 Å². The normalized spacial score (nSPS) is 16.9. The van der Waals surface area contributed by atoms with E-state index < -0.39 is 0 Å². The Morgan fingerprint density at radius 3 is 2.44 bits per heavy atom. The third kappa shape index (κ3) is 4.98. The molecule has 0 aliphatic carbocycles. The Labute approximate surface area is 163 Å². The smallest absolute Gasteiger partial charge is 0.223 e. The number of nitrogens with zero attached hydrogens (tertiary/aromatic N) is 1. The number of likely N-dealkylation sites (tertiary alicyclic amines) is 1. The summed E-state index contributed by atoms with van der Waals surface area (Å²) < 4.78 is 0. The zero-order chi connectivity index (χ0) is 19.4. The van der Waals surface area contributed by atoms with Gasteiger partial charge in [0.05, 0.1) is 6.04 Å². The van der Waals surface area contributed by atoms with Crippen LogP contribution in [-0.2, 0) is 11.3 Å². The van der Waals surface area contributed by atoms with Crippen molar-refractivity contribution in [3.05, 3.63) is 70.3 Å². The molecule has 3 heteroatoms. The number of carbonyl (C=O) groups is 1. The Balaban J connectivity index is 1.51. The number of hydrogen-bond acceptors (Lipinski definition) is 2. The van der Waals surface area contributed by atoms with Crippen molar-refractivity contribution < 1.29 is 4.79 Å². The van der Waals surface area contributed by atoms with Gasteiger partial charge in [-0.05, 0) is 75.9 Å². The molecular weight excluding hydrogens is 332 g/mol. The lowest BCUT2D eigenvalue weighted by Gasteiger charge is -2.32. The van der Waals surface area contributed by atoms with E-state index in [0.717, 1.165) is 32.5 Å². The molecule has 1 heterocycles. The second kappa shape index (κ2) is 8.71. The van der Waals surface area contributed by atoms with Crippen LogP contribution in [0.1, 0.15) is 53.6 Å². The molecule has 0 saturated carbocycles. The molecule has 3 nitrogen and oxygen atoms in total. The second-order valence-corrected chi connectivity index (χ2v) is 8.07. The van der Waals surface area contributed by atoms with Crippen molar-refractivity contribution in [3.63, 3.8) is 0 Å². The molecule has 2 aromatic rings. The number of nitrogens with one attached hydrogen (secondary N) is 1. The van der Waals surface area contributed by atoms with Gasteiger partial charge < -0.3 is 5.32 Å². The Morgan fingerprint density at radius 1 is 1.07 bits per heavy atom. The molecule has 0 radical (unpaired) electrons. The minimum Gasteiger partial charge on any atom is -0.349 e. The summed E-state index contributed by atoms with van der Waals surface area (Å²) >= 11 is 0. The fourth-order valence-electron chi connectivity index (χ4n) is 4.10. The molecule has 144 valence electrons. The molecule has 1 saturated heterocycles. The molecule has 27 heavy (non-hydrogen) atoms. The van der Waals surface area contributed by atoms with E-state index in [9.17, 15) is 4.79 Å². The lowest BCUT2D eigenvalue weighted by molar-refractivity contribution is -0.127. The number of aryl methyl sites for hydroxylation is 3. The lowest BCUT2D eigenvalue weighted by atomic mass is 9.94. The van der Waals surface area contributed by atoms with E-state index in [4.69, 9.17) is 0 Å². The van der Waals surface area contributed by atoms with Gasteiger partial charge in [-0.15, -0.1) is 0 Å². The average Bonchev–Trinajstić information content (AvgIpc) is 2.64. The Hall–Kier alpha value is -2.13. The minimum atomic E-state index is 0.0584. The summed E-state index contributed by atoms with van der Waals surface area (Å²) in [7, 11) is 0. The zero-order valence-corrected chi connectivity index (χ0v) is 17.1. The summed E-state index contributed by atoms with van der Waals surface area (Å²) in [6.45, 7) is 11.4. The molecule has 0 aromatic heterocycles. The number of piperidine rings is 1. The maximum Gasteiger partial charge on any atom is 0.223 e. The quantitative estimate of drug-likeness (QED) is 0.834. The molecule has 0 spiro atoms. The highest BCUT2D eigenvalue weighted by atomic mass is 16.1. The van der Waals surface area contributed by atoms with Gasteiger partial charge in [-0.25, -0.2) is 0 Å². The average molecular weight is 365 g/mol. The van der Waals surface area contributed by atoms with Crippen molar-refractivity contribution in [2.24, 2.45) is 5.92 Å². The first-order valence-electron chi connectivity index (χ1n) is 10.1. The Bertz CT molecular complexity index is 791. The molecule has 1 N–H and O–H groups in total. The van der Waals surface area contributed by atoms with Crippen LogP contribution in [0.15, 0.2) is 42.5 Å². The molecule has 1 aliphatic rings. The van der Waals surface area contributed by atoms with Gasteiger partial charge in [0.25, 0.3) is 0 Å². The van der Waals surface area contributed by atoms with Crippen LogP contribution >= 0.6 is 0 Å². The van der Waals surface area contributed by atoms with Gasteiger partial charge in [-0.1, -0.05) is 48.0 Å². The molecule has 1 amide bonds. The number of rotatable bonds is 5. The fourth-order valence-corrected chi connectivity index (χ4v) is 4.10. The van der Waals surface area contributed by atoms with Gasteiger partial charge in [0, 0.05) is 12.5 Å². The van der Waals surface area contributed by atoms with Crippen LogP contribution in [0.5, 0.6) is 0 Å². The third-order valence-corrected chi connectivity index (χ3v) is 5.86. The maximum atomic E-state index is 12.7. The summed E-state index contributed by atoms with van der Waals surface area (Å²) in [5.74, 6) is 0.337. The zero-order valence-electron chi connectivity index (χ0n) is 17.1. The molecule has 2 aromatic carbocycles. The van der Waals surface area contributed by atoms with Crippen molar-refractivity contribution in [3.8, 4) is 0 Å². The second-order valence-electron chi connectivity index (χ2n) is 8.07. The summed E-state index contributed by atoms with van der Waals surface area (Å²) in [6.07, 6.45) is 1.88. The number of amides is 1. The van der Waals surface area contributed by atoms with E-state index in [-0.39, 0.29) is 17.9 Å². The van der Waals surface area contributed by atoms with Gasteiger partial charge >= 0.3 is 0 Å². The summed E-state index contributed by atoms with van der Waals surface area (Å²) in [5.41, 5.74) is 6.46. The van der Waals surface area contributed by atoms with Gasteiger partial charge in [-0.2, -0.15) is 0 Å². The first kappa shape index (κ1) is 19.6. The maximum absolute atomic E-state index is 12.7. The van der Waals surface area contributed by atoms with E-state index in [1.807, 2.05) is 0 Å². The third-order valence-electron chi connectivity index (χ3n) is 5.86. The highest BCUT2D eigenvalue weighted by molar-refractivity contribution is 5.79. The SMILES string of the molecule is Cc1ccc(C(C)NC(=O)C2CCN(Cc3ccccc3C)CC2)c(C)c1. The molecule has 1 atom stereocenters. The Morgan fingerprint density at radius 2 is 1.78 bits per heavy atom. The predicted octanol–water partition coefficient (Wildman–Crippen LogP) is 4.70. The van der Waals surface area contributed by atoms with Gasteiger partial charge in [0.2, 0.25) is 5.91 Å². The van der Waals surface area contributed by atoms with Crippen molar-refractivity contribution in [2.75, 3.05) is 13.1 Å². The molecule has 1 unspecified atom stereocenters. The van der Waals surface area contributed by atoms with Gasteiger partial charge in [0.15, 0.2) is 0 Å². The summed E-state index contributed by atoms with van der Waals surface area (Å²) in [6, 6.07) is 15.1. The van der Waals surface area contributed by atoms with E-state index in [0.29, 0.717) is 0 Å². The van der Waals surface area contributed by atoms with E-state index in [1.54, 1.807) is 0 Å². The van der Waals surface area contributed by atoms with Crippen LogP contribution in [-0.4, -0.2) is 23.9 Å². The van der Waals surface area contributed by atoms with Crippen molar-refractivity contribution in [1.82, 2.24) is 10.2 Å². The molecule has 1 aliphatic heterocycles. The van der Waals surface area contributed by atoms with Crippen LogP contribution in [0.3, 0.4) is 0 Å². The lowest BCUT2D eigenvalue weighted by Crippen LogP contribution is -2.41. The molecule has 3 rings (SSSR count). The summed E-state index contributed by atoms with van der Waals surface area (Å²) in [5, 5.41) is 3.24. The van der Waals surface area contributed by atoms with Crippen LogP contribution in [0.2, 0.25) is 0 Å². The highest BCUT2D eigenvalue weighted by Gasteiger charge is 2.26. The van der Waals surface area contributed by atoms with Crippen LogP contribution < -0.4 is 5.32 Å². The topological polar surface area (TPSA) is 32.3 Å². The molecule has 1 fully saturated rings. The molecular formula is C24H32N2O. The van der Waals surface area contributed by atoms with Gasteiger partial charge in [0.1, 0.15) is 0 Å². The number of carbonyl (C=O) groups excluding carboxylic acids is 1. The first-order chi connectivity index (χ1) is 12.9. The molecule has 0 bridgehead atoms. The number of hydrogen-bond donors (Lipinski definition) is 1. The largest absolute Gasteiger partial charge is 0.349 e. The first-order valence-corrected chi connectivity index (χ1v) is 10.1. The minimum absolute atomic E-state index is 0.0584. The Kier molecular flexibility index (Phi) is 6.33. The fraction of sp³-hybridized carbons (Fsp3) is 0.458. The van der Waals surface area contributed by atoms with Crippen molar-refractivity contribution in [1.29, 1.82) is 0 Å². The number of benzene rings is 2. The van der Waals surface area contributed by atoms with Crippen LogP contribution in [0.25, 0.3) is 0 Å². The predicted molar refractivity (Wildman–Crippen MR) is 112 cm³/mol. The van der Waals surface area contributed by atoms with Crippen molar-refractivity contribution >= 4 is 5.91 Å². The van der Waals surface area contributed by atoms with Crippen molar-refractivity contribution in [2.45, 2.75) is 53.1 Å². The van der Waals surface area contributed by atoms with E-state index in [1.165, 1.54) is 27.8 Å². The highest BCUT2D eigenvalue weighted by Crippen LogP contribution is 2.23. The van der Waals surface area contributed by atoms with Crippen LogP contribution in [0.4, 0.5) is 0 Å². The monoisotopic (exact) mass is 364 g/mol. The van der Waals surface area contributed by atoms with E-state index in [2.05, 4.69) is 80.4 Å². The van der Waals surface area contributed by atoms with E-state index >= 15 is 0 Å². The summed E-state index contributed by atoms with van der Waals surface area (Å²) in [4.78, 5) is 15.2. The van der Waals surface area contributed by atoms with Gasteiger partial charge in [-0.3, -0.25) is 9.69 Å². The standard InChI is InChI=1S/C24H32N2O/c1-17-9-10-23(19(3)15-17)20(4)25-24(27)21-11-13-26(14-12-21)16-22-8-6-5-7-18(22)2/h5-10,15,20-21H,11-14,16H2,1-4H3,(H,25,27).